The lowest BCUT2D eigenvalue weighted by molar-refractivity contribution is -0.128. The van der Waals surface area contributed by atoms with E-state index in [0.29, 0.717) is 17.9 Å². The molecule has 2 fully saturated rings. The molecule has 1 aromatic carbocycles. The Morgan fingerprint density at radius 2 is 1.92 bits per heavy atom. The molecule has 3 atom stereocenters. The van der Waals surface area contributed by atoms with Crippen LogP contribution in [0.2, 0.25) is 0 Å². The normalized spacial score (nSPS) is 29.2. The highest BCUT2D eigenvalue weighted by Gasteiger charge is 2.40. The van der Waals surface area contributed by atoms with Gasteiger partial charge in [0.25, 0.3) is 0 Å². The van der Waals surface area contributed by atoms with Gasteiger partial charge in [0.15, 0.2) is 0 Å². The highest BCUT2D eigenvalue weighted by molar-refractivity contribution is 5.79. The Morgan fingerprint density at radius 3 is 2.54 bits per heavy atom. The van der Waals surface area contributed by atoms with Crippen LogP contribution in [-0.2, 0) is 4.79 Å². The van der Waals surface area contributed by atoms with Gasteiger partial charge in [-0.15, -0.1) is 0 Å². The van der Waals surface area contributed by atoms with Crippen LogP contribution >= 0.6 is 0 Å². The van der Waals surface area contributed by atoms with E-state index in [1.165, 1.54) is 19.3 Å². The van der Waals surface area contributed by atoms with E-state index in [0.717, 1.165) is 24.1 Å². The quantitative estimate of drug-likeness (QED) is 0.887. The van der Waals surface area contributed by atoms with Gasteiger partial charge in [-0.25, -0.2) is 4.68 Å². The first-order chi connectivity index (χ1) is 12.6. The van der Waals surface area contributed by atoms with Gasteiger partial charge in [0, 0.05) is 24.4 Å². The molecule has 2 saturated carbocycles. The molecule has 1 heterocycles. The van der Waals surface area contributed by atoms with Gasteiger partial charge in [0.2, 0.25) is 5.91 Å². The fourth-order valence-electron chi connectivity index (χ4n) is 4.76. The van der Waals surface area contributed by atoms with Crippen LogP contribution in [0.3, 0.4) is 0 Å². The van der Waals surface area contributed by atoms with Crippen molar-refractivity contribution in [2.75, 3.05) is 0 Å². The molecule has 0 radical (unpaired) electrons. The van der Waals surface area contributed by atoms with E-state index in [-0.39, 0.29) is 17.9 Å². The fourth-order valence-corrected chi connectivity index (χ4v) is 4.76. The predicted octanol–water partition coefficient (Wildman–Crippen LogP) is 3.20. The number of fused-ring (bicyclic) bond motifs is 2. The molecule has 2 aromatic rings. The smallest absolute Gasteiger partial charge is 0.223 e. The molecule has 138 valence electrons. The summed E-state index contributed by atoms with van der Waals surface area (Å²) in [6.07, 6.45) is 9.24. The van der Waals surface area contributed by atoms with E-state index in [1.54, 1.807) is 6.20 Å². The largest absolute Gasteiger partial charge is 0.349 e. The van der Waals surface area contributed by atoms with Crippen LogP contribution in [0.25, 0.3) is 5.69 Å². The number of nitrogens with zero attached hydrogens (tertiary/aromatic N) is 2. The van der Waals surface area contributed by atoms with Crippen molar-refractivity contribution in [3.63, 3.8) is 0 Å². The number of carbonyl (C=O) groups excluding carboxylic acids is 1. The number of amides is 1. The van der Waals surface area contributed by atoms with E-state index < -0.39 is 0 Å². The van der Waals surface area contributed by atoms with Crippen molar-refractivity contribution in [3.8, 4) is 5.69 Å². The van der Waals surface area contributed by atoms with Crippen LogP contribution in [0.4, 0.5) is 0 Å². The standard InChI is InChI=1S/C21H28N4O/c1-14(15-6-8-19(9-7-15)25-11-3-10-23-25)24-21(26)18-12-16-4-2-5-17(13-18)20(16)22/h3,6-11,14,16-18,20H,2,4-5,12-13,22H2,1H3,(H,24,26). The highest BCUT2D eigenvalue weighted by Crippen LogP contribution is 2.42. The molecule has 0 saturated heterocycles. The van der Waals surface area contributed by atoms with Gasteiger partial charge in [0.1, 0.15) is 0 Å². The minimum absolute atomic E-state index is 0.00427. The second-order valence-electron chi connectivity index (χ2n) is 7.97. The van der Waals surface area contributed by atoms with Gasteiger partial charge >= 0.3 is 0 Å². The van der Waals surface area contributed by atoms with Crippen LogP contribution in [0.5, 0.6) is 0 Å². The van der Waals surface area contributed by atoms with E-state index in [4.69, 9.17) is 5.73 Å². The van der Waals surface area contributed by atoms with Gasteiger partial charge in [-0.2, -0.15) is 5.10 Å². The Kier molecular flexibility index (Phi) is 4.81. The van der Waals surface area contributed by atoms with Crippen molar-refractivity contribution in [2.45, 2.75) is 51.1 Å². The van der Waals surface area contributed by atoms with Crippen molar-refractivity contribution in [1.82, 2.24) is 15.1 Å². The minimum atomic E-state index is 0.00427. The van der Waals surface area contributed by atoms with Crippen molar-refractivity contribution < 1.29 is 4.79 Å². The summed E-state index contributed by atoms with van der Waals surface area (Å²) in [5.41, 5.74) is 8.49. The Balaban J connectivity index is 1.38. The van der Waals surface area contributed by atoms with Crippen LogP contribution in [-0.4, -0.2) is 21.7 Å². The maximum absolute atomic E-state index is 12.8. The molecule has 26 heavy (non-hydrogen) atoms. The summed E-state index contributed by atoms with van der Waals surface area (Å²) in [5, 5.41) is 7.46. The molecule has 5 heteroatoms. The maximum Gasteiger partial charge on any atom is 0.223 e. The Morgan fingerprint density at radius 1 is 1.23 bits per heavy atom. The Bertz CT molecular complexity index is 726. The summed E-state index contributed by atoms with van der Waals surface area (Å²) in [4.78, 5) is 12.8. The number of nitrogens with one attached hydrogen (secondary N) is 1. The predicted molar refractivity (Wildman–Crippen MR) is 102 cm³/mol. The first-order valence-electron chi connectivity index (χ1n) is 9.78. The third-order valence-corrected chi connectivity index (χ3v) is 6.30. The van der Waals surface area contributed by atoms with Crippen LogP contribution in [0.1, 0.15) is 50.6 Å². The van der Waals surface area contributed by atoms with E-state index >= 15 is 0 Å². The second-order valence-corrected chi connectivity index (χ2v) is 7.97. The lowest BCUT2D eigenvalue weighted by Gasteiger charge is -2.43. The van der Waals surface area contributed by atoms with E-state index in [9.17, 15) is 4.79 Å². The van der Waals surface area contributed by atoms with Gasteiger partial charge in [-0.3, -0.25) is 4.79 Å². The molecule has 5 nitrogen and oxygen atoms in total. The third-order valence-electron chi connectivity index (χ3n) is 6.30. The molecule has 4 rings (SSSR count). The first kappa shape index (κ1) is 17.3. The van der Waals surface area contributed by atoms with E-state index in [1.807, 2.05) is 29.1 Å². The number of hydrogen-bond acceptors (Lipinski definition) is 3. The van der Waals surface area contributed by atoms with E-state index in [2.05, 4.69) is 29.5 Å². The summed E-state index contributed by atoms with van der Waals surface area (Å²) in [6, 6.07) is 10.4. The maximum atomic E-state index is 12.8. The van der Waals surface area contributed by atoms with Gasteiger partial charge in [-0.1, -0.05) is 18.6 Å². The van der Waals surface area contributed by atoms with Crippen LogP contribution < -0.4 is 11.1 Å². The van der Waals surface area contributed by atoms with Crippen molar-refractivity contribution in [2.24, 2.45) is 23.5 Å². The summed E-state index contributed by atoms with van der Waals surface area (Å²) < 4.78 is 1.83. The lowest BCUT2D eigenvalue weighted by atomic mass is 9.65. The number of benzene rings is 1. The topological polar surface area (TPSA) is 72.9 Å². The number of carbonyl (C=O) groups is 1. The van der Waals surface area contributed by atoms with Crippen LogP contribution in [0, 0.1) is 17.8 Å². The molecular formula is C21H28N4O. The number of aromatic nitrogens is 2. The molecule has 1 amide bonds. The summed E-state index contributed by atoms with van der Waals surface area (Å²) >= 11 is 0. The first-order valence-corrected chi connectivity index (χ1v) is 9.78. The summed E-state index contributed by atoms with van der Waals surface area (Å²) in [7, 11) is 0. The Hall–Kier alpha value is -2.14. The van der Waals surface area contributed by atoms with Gasteiger partial charge < -0.3 is 11.1 Å². The molecule has 1 aromatic heterocycles. The fraction of sp³-hybridized carbons (Fsp3) is 0.524. The highest BCUT2D eigenvalue weighted by atomic mass is 16.1. The third kappa shape index (κ3) is 3.40. The SMILES string of the molecule is CC(NC(=O)C1CC2CCCC(C1)C2N)c1ccc(-n2cccn2)cc1. The monoisotopic (exact) mass is 352 g/mol. The van der Waals surface area contributed by atoms with Crippen molar-refractivity contribution >= 4 is 5.91 Å². The van der Waals surface area contributed by atoms with Crippen molar-refractivity contribution in [3.05, 3.63) is 48.3 Å². The summed E-state index contributed by atoms with van der Waals surface area (Å²) in [6.45, 7) is 2.05. The second kappa shape index (κ2) is 7.23. The average Bonchev–Trinajstić information content (AvgIpc) is 3.16. The summed E-state index contributed by atoms with van der Waals surface area (Å²) in [5.74, 6) is 1.37. The zero-order valence-electron chi connectivity index (χ0n) is 15.3. The molecule has 2 aliphatic carbocycles. The lowest BCUT2D eigenvalue weighted by Crippen LogP contribution is -2.49. The number of nitrogens with two attached hydrogens (primary N) is 1. The van der Waals surface area contributed by atoms with Crippen LogP contribution in [0.15, 0.2) is 42.7 Å². The molecule has 3 N–H and O–H groups in total. The molecule has 2 aliphatic rings. The molecule has 0 aliphatic heterocycles. The minimum Gasteiger partial charge on any atom is -0.349 e. The Labute approximate surface area is 155 Å². The number of hydrogen-bond donors (Lipinski definition) is 2. The van der Waals surface area contributed by atoms with Gasteiger partial charge in [-0.05, 0) is 68.2 Å². The average molecular weight is 352 g/mol. The molecular weight excluding hydrogens is 324 g/mol. The zero-order chi connectivity index (χ0) is 18.1. The zero-order valence-corrected chi connectivity index (χ0v) is 15.3. The van der Waals surface area contributed by atoms with Crippen molar-refractivity contribution in [1.29, 1.82) is 0 Å². The molecule has 3 unspecified atom stereocenters. The molecule has 0 spiro atoms. The molecule has 2 bridgehead atoms. The van der Waals surface area contributed by atoms with Gasteiger partial charge in [0.05, 0.1) is 11.7 Å². The number of rotatable bonds is 4.